The third-order valence-electron chi connectivity index (χ3n) is 5.23. The Hall–Kier alpha value is -2.97. The fraction of sp³-hybridized carbons (Fsp3) is 0.550. The van der Waals surface area contributed by atoms with E-state index in [1.54, 1.807) is 23.7 Å². The lowest BCUT2D eigenvalue weighted by Crippen LogP contribution is -2.43. The fourth-order valence-corrected chi connectivity index (χ4v) is 3.67. The summed E-state index contributed by atoms with van der Waals surface area (Å²) < 4.78 is 11.8. The normalized spacial score (nSPS) is 19.3. The van der Waals surface area contributed by atoms with Crippen molar-refractivity contribution in [1.29, 1.82) is 0 Å². The minimum absolute atomic E-state index is 0.245. The number of carbonyl (C=O) groups excluding carboxylic acids is 2. The van der Waals surface area contributed by atoms with Crippen LogP contribution in [0.15, 0.2) is 18.3 Å². The van der Waals surface area contributed by atoms with Crippen LogP contribution in [0.25, 0.3) is 5.82 Å². The average Bonchev–Trinajstić information content (AvgIpc) is 2.96. The van der Waals surface area contributed by atoms with Gasteiger partial charge in [-0.1, -0.05) is 19.3 Å². The summed E-state index contributed by atoms with van der Waals surface area (Å²) in [5.74, 6) is 0.0784. The molecule has 1 saturated carbocycles. The summed E-state index contributed by atoms with van der Waals surface area (Å²) in [5, 5.41) is 15.4. The molecule has 1 aliphatic carbocycles. The van der Waals surface area contributed by atoms with Gasteiger partial charge in [-0.3, -0.25) is 9.59 Å². The third kappa shape index (κ3) is 4.72. The van der Waals surface area contributed by atoms with Gasteiger partial charge in [0.1, 0.15) is 0 Å². The highest BCUT2D eigenvalue weighted by Gasteiger charge is 2.32. The number of hydrogen-bond donors (Lipinski definition) is 1. The second kappa shape index (κ2) is 9.49. The topological polar surface area (TPSA) is 108 Å². The summed E-state index contributed by atoms with van der Waals surface area (Å²) in [6.07, 6.45) is 5.96. The molecular weight excluding hydrogens is 374 g/mol. The van der Waals surface area contributed by atoms with E-state index in [2.05, 4.69) is 20.6 Å². The van der Waals surface area contributed by atoms with Crippen LogP contribution in [-0.2, 0) is 9.53 Å². The molecule has 0 spiro atoms. The van der Waals surface area contributed by atoms with Crippen LogP contribution >= 0.6 is 0 Å². The monoisotopic (exact) mass is 401 g/mol. The highest BCUT2D eigenvalue weighted by Crippen LogP contribution is 2.25. The zero-order chi connectivity index (χ0) is 20.8. The van der Waals surface area contributed by atoms with Gasteiger partial charge in [-0.2, -0.15) is 5.10 Å². The van der Waals surface area contributed by atoms with E-state index in [1.807, 2.05) is 6.92 Å². The molecule has 156 valence electrons. The number of nitrogens with one attached hydrogen (secondary N) is 1. The number of aromatic nitrogens is 4. The molecule has 0 saturated heterocycles. The molecule has 9 nitrogen and oxygen atoms in total. The molecular formula is C20H27N5O4. The summed E-state index contributed by atoms with van der Waals surface area (Å²) in [5.41, 5.74) is 1.08. The van der Waals surface area contributed by atoms with Crippen LogP contribution in [0.1, 0.15) is 55.1 Å². The first-order chi connectivity index (χ1) is 14.0. The Morgan fingerprint density at radius 3 is 2.69 bits per heavy atom. The molecule has 0 aromatic carbocycles. The Balaban J connectivity index is 1.76. The number of esters is 1. The molecule has 2 aromatic rings. The molecule has 1 N–H and O–H groups in total. The molecule has 1 amide bonds. The first-order valence-electron chi connectivity index (χ1n) is 9.95. The van der Waals surface area contributed by atoms with Crippen molar-refractivity contribution < 1.29 is 19.1 Å². The number of nitrogens with zero attached hydrogens (tertiary/aromatic N) is 4. The van der Waals surface area contributed by atoms with E-state index in [9.17, 15) is 9.59 Å². The molecule has 0 aliphatic heterocycles. The largest absolute Gasteiger partial charge is 0.477 e. The van der Waals surface area contributed by atoms with Crippen molar-refractivity contribution in [1.82, 2.24) is 25.3 Å². The molecule has 0 bridgehead atoms. The number of methoxy groups -OCH3 is 1. The predicted molar refractivity (Wildman–Crippen MR) is 105 cm³/mol. The predicted octanol–water partition coefficient (Wildman–Crippen LogP) is 2.22. The number of hydrogen-bond acceptors (Lipinski definition) is 7. The molecule has 3 rings (SSSR count). The van der Waals surface area contributed by atoms with Crippen molar-refractivity contribution >= 4 is 11.9 Å². The van der Waals surface area contributed by atoms with Gasteiger partial charge in [0.15, 0.2) is 5.82 Å². The highest BCUT2D eigenvalue weighted by molar-refractivity contribution is 5.95. The molecule has 1 aliphatic rings. The Morgan fingerprint density at radius 2 is 2.00 bits per heavy atom. The van der Waals surface area contributed by atoms with E-state index in [-0.39, 0.29) is 23.8 Å². The van der Waals surface area contributed by atoms with E-state index >= 15 is 0 Å². The molecule has 0 unspecified atom stereocenters. The lowest BCUT2D eigenvalue weighted by atomic mass is 9.94. The quantitative estimate of drug-likeness (QED) is 0.584. The number of ether oxygens (including phenoxy) is 2. The maximum Gasteiger partial charge on any atom is 0.310 e. The number of rotatable bonds is 6. The van der Waals surface area contributed by atoms with Gasteiger partial charge >= 0.3 is 5.97 Å². The van der Waals surface area contributed by atoms with E-state index in [1.165, 1.54) is 13.3 Å². The van der Waals surface area contributed by atoms with Crippen molar-refractivity contribution in [2.45, 2.75) is 52.0 Å². The van der Waals surface area contributed by atoms with Crippen molar-refractivity contribution in [2.75, 3.05) is 13.7 Å². The second-order valence-corrected chi connectivity index (χ2v) is 7.07. The molecule has 2 heterocycles. The van der Waals surface area contributed by atoms with Gasteiger partial charge in [-0.05, 0) is 32.8 Å². The summed E-state index contributed by atoms with van der Waals surface area (Å²) >= 11 is 0. The zero-order valence-electron chi connectivity index (χ0n) is 17.1. The molecule has 29 heavy (non-hydrogen) atoms. The second-order valence-electron chi connectivity index (χ2n) is 7.07. The van der Waals surface area contributed by atoms with Gasteiger partial charge in [0.2, 0.25) is 5.88 Å². The van der Waals surface area contributed by atoms with E-state index in [4.69, 9.17) is 9.47 Å². The number of carbonyl (C=O) groups is 2. The smallest absolute Gasteiger partial charge is 0.310 e. The first-order valence-corrected chi connectivity index (χ1v) is 9.95. The maximum atomic E-state index is 12.9. The Kier molecular flexibility index (Phi) is 6.79. The number of amides is 1. The van der Waals surface area contributed by atoms with Gasteiger partial charge in [0.05, 0.1) is 37.1 Å². The van der Waals surface area contributed by atoms with Gasteiger partial charge in [0, 0.05) is 12.1 Å². The van der Waals surface area contributed by atoms with Crippen LogP contribution in [-0.4, -0.2) is 51.6 Å². The minimum atomic E-state index is -0.321. The summed E-state index contributed by atoms with van der Waals surface area (Å²) in [6, 6.07) is 3.20. The average molecular weight is 401 g/mol. The van der Waals surface area contributed by atoms with Gasteiger partial charge < -0.3 is 14.8 Å². The minimum Gasteiger partial charge on any atom is -0.477 e. The lowest BCUT2D eigenvalue weighted by molar-refractivity contribution is -0.146. The molecule has 1 fully saturated rings. The van der Waals surface area contributed by atoms with Gasteiger partial charge in [0.25, 0.3) is 5.91 Å². The molecule has 2 atom stereocenters. The van der Waals surface area contributed by atoms with Crippen LogP contribution in [0, 0.1) is 12.8 Å². The lowest BCUT2D eigenvalue weighted by Gasteiger charge is -2.24. The van der Waals surface area contributed by atoms with E-state index < -0.39 is 0 Å². The van der Waals surface area contributed by atoms with Crippen LogP contribution in [0.5, 0.6) is 5.88 Å². The Morgan fingerprint density at radius 1 is 1.21 bits per heavy atom. The zero-order valence-corrected chi connectivity index (χ0v) is 17.1. The Labute approximate surface area is 169 Å². The summed E-state index contributed by atoms with van der Waals surface area (Å²) in [4.78, 5) is 25.1. The van der Waals surface area contributed by atoms with Crippen LogP contribution < -0.4 is 10.1 Å². The first kappa shape index (κ1) is 20.8. The Bertz CT molecular complexity index is 849. The summed E-state index contributed by atoms with van der Waals surface area (Å²) in [6.45, 7) is 4.18. The van der Waals surface area contributed by atoms with Crippen LogP contribution in [0.2, 0.25) is 0 Å². The SMILES string of the molecule is CCOc1ccc(-n2ncc(C(=O)N[C@H]3CCCCC[C@H]3C(=O)OC)c2C)nn1. The van der Waals surface area contributed by atoms with Crippen molar-refractivity contribution in [3.63, 3.8) is 0 Å². The highest BCUT2D eigenvalue weighted by atomic mass is 16.5. The standard InChI is InChI=1S/C20H27N5O4/c1-4-29-18-11-10-17(23-24-18)25-13(2)15(12-21-25)19(26)22-16-9-7-5-6-8-14(16)20(27)28-3/h10-12,14,16H,4-9H2,1-3H3,(H,22,26)/t14-,16+/m1/s1. The van der Waals surface area contributed by atoms with E-state index in [0.717, 1.165) is 32.1 Å². The van der Waals surface area contributed by atoms with Gasteiger partial charge in [-0.25, -0.2) is 4.68 Å². The van der Waals surface area contributed by atoms with Crippen molar-refractivity contribution in [3.05, 3.63) is 29.6 Å². The maximum absolute atomic E-state index is 12.9. The van der Waals surface area contributed by atoms with E-state index in [0.29, 0.717) is 29.6 Å². The third-order valence-corrected chi connectivity index (χ3v) is 5.23. The van der Waals surface area contributed by atoms with Crippen LogP contribution in [0.4, 0.5) is 0 Å². The fourth-order valence-electron chi connectivity index (χ4n) is 3.67. The van der Waals surface area contributed by atoms with Crippen LogP contribution in [0.3, 0.4) is 0 Å². The molecule has 2 aromatic heterocycles. The molecule has 0 radical (unpaired) electrons. The van der Waals surface area contributed by atoms with Gasteiger partial charge in [-0.15, -0.1) is 10.2 Å². The molecule has 9 heteroatoms. The van der Waals surface area contributed by atoms with Crippen molar-refractivity contribution in [3.8, 4) is 11.7 Å². The van der Waals surface area contributed by atoms with Crippen molar-refractivity contribution in [2.24, 2.45) is 5.92 Å². The summed E-state index contributed by atoms with van der Waals surface area (Å²) in [7, 11) is 1.39.